The topological polar surface area (TPSA) is 120 Å². The molecule has 0 aliphatic carbocycles. The van der Waals surface area contributed by atoms with E-state index < -0.39 is 57.2 Å². The summed E-state index contributed by atoms with van der Waals surface area (Å²) in [7, 11) is -2.05. The largest absolute Gasteiger partial charge is 0.431 e. The van der Waals surface area contributed by atoms with E-state index in [2.05, 4.69) is 0 Å². The number of hydrogen-bond acceptors (Lipinski definition) is 5. The van der Waals surface area contributed by atoms with Gasteiger partial charge in [0.15, 0.2) is 9.84 Å². The zero-order valence-corrected chi connectivity index (χ0v) is 14.4. The minimum atomic E-state index is -4.94. The van der Waals surface area contributed by atoms with Gasteiger partial charge in [-0.1, -0.05) is 0 Å². The molecule has 1 aromatic rings. The molecule has 26 heavy (non-hydrogen) atoms. The van der Waals surface area contributed by atoms with Gasteiger partial charge in [0.1, 0.15) is 17.8 Å². The van der Waals surface area contributed by atoms with Crippen molar-refractivity contribution in [3.05, 3.63) is 33.7 Å². The molecule has 1 saturated heterocycles. The molecule has 8 nitrogen and oxygen atoms in total. The highest BCUT2D eigenvalue weighted by Crippen LogP contribution is 2.28. The minimum Gasteiger partial charge on any atom is -0.365 e. The van der Waals surface area contributed by atoms with Crippen LogP contribution in [0.3, 0.4) is 0 Å². The number of rotatable bonds is 4. The van der Waals surface area contributed by atoms with Gasteiger partial charge in [0.2, 0.25) is 5.91 Å². The number of amides is 2. The second kappa shape index (κ2) is 6.74. The van der Waals surface area contributed by atoms with Gasteiger partial charge in [-0.2, -0.15) is 13.2 Å². The van der Waals surface area contributed by atoms with Crippen molar-refractivity contribution in [2.24, 2.45) is 5.73 Å². The summed E-state index contributed by atoms with van der Waals surface area (Å²) < 4.78 is 62.5. The van der Waals surface area contributed by atoms with Crippen LogP contribution in [0.1, 0.15) is 22.5 Å². The van der Waals surface area contributed by atoms with Gasteiger partial charge < -0.3 is 10.6 Å². The number of carbonyl (C=O) groups is 2. The van der Waals surface area contributed by atoms with Gasteiger partial charge in [-0.05, 0) is 18.6 Å². The lowest BCUT2D eigenvalue weighted by Gasteiger charge is -2.25. The number of sulfone groups is 1. The number of likely N-dealkylation sites (N-methyl/N-ethyl adjacent to an activating group) is 1. The van der Waals surface area contributed by atoms with E-state index in [-0.39, 0.29) is 22.5 Å². The summed E-state index contributed by atoms with van der Waals surface area (Å²) in [5.41, 5.74) is 1.53. The molecule has 0 spiro atoms. The fraction of sp³-hybridized carbons (Fsp3) is 0.500. The van der Waals surface area contributed by atoms with E-state index in [1.807, 2.05) is 0 Å². The van der Waals surface area contributed by atoms with Crippen molar-refractivity contribution in [1.29, 1.82) is 0 Å². The Morgan fingerprint density at radius 3 is 2.42 bits per heavy atom. The van der Waals surface area contributed by atoms with Crippen molar-refractivity contribution in [2.45, 2.75) is 25.2 Å². The average Bonchev–Trinajstić information content (AvgIpc) is 2.86. The second-order valence-corrected chi connectivity index (χ2v) is 8.18. The van der Waals surface area contributed by atoms with E-state index in [1.54, 1.807) is 0 Å². The maximum absolute atomic E-state index is 13.1. The lowest BCUT2D eigenvalue weighted by Crippen LogP contribution is -2.43. The molecular weight excluding hydrogens is 379 g/mol. The Kier molecular flexibility index (Phi) is 5.17. The third-order valence-electron chi connectivity index (χ3n) is 4.17. The van der Waals surface area contributed by atoms with E-state index >= 15 is 0 Å². The van der Waals surface area contributed by atoms with Crippen LogP contribution in [0.2, 0.25) is 0 Å². The normalized spacial score (nSPS) is 19.3. The summed E-state index contributed by atoms with van der Waals surface area (Å²) in [6.45, 7) is -0.998. The lowest BCUT2D eigenvalue weighted by molar-refractivity contribution is -0.145. The van der Waals surface area contributed by atoms with Crippen LogP contribution in [0.15, 0.2) is 16.9 Å². The predicted octanol–water partition coefficient (Wildman–Crippen LogP) is -0.388. The minimum absolute atomic E-state index is 0.125. The van der Waals surface area contributed by atoms with E-state index in [0.29, 0.717) is 12.1 Å². The van der Waals surface area contributed by atoms with Crippen LogP contribution >= 0.6 is 0 Å². The quantitative estimate of drug-likeness (QED) is 0.745. The van der Waals surface area contributed by atoms with Crippen LogP contribution in [0.5, 0.6) is 0 Å². The van der Waals surface area contributed by atoms with Crippen LogP contribution in [0.4, 0.5) is 13.2 Å². The molecule has 1 aliphatic rings. The van der Waals surface area contributed by atoms with Crippen molar-refractivity contribution < 1.29 is 31.2 Å². The van der Waals surface area contributed by atoms with Crippen molar-refractivity contribution in [3.8, 4) is 0 Å². The first kappa shape index (κ1) is 19.9. The van der Waals surface area contributed by atoms with E-state index in [4.69, 9.17) is 5.73 Å². The van der Waals surface area contributed by atoms with E-state index in [1.165, 1.54) is 7.05 Å². The molecule has 1 fully saturated rings. The number of hydrogen-bond donors (Lipinski definition) is 1. The summed E-state index contributed by atoms with van der Waals surface area (Å²) in [5, 5.41) is 0. The number of nitrogens with zero attached hydrogens (tertiary/aromatic N) is 2. The molecule has 0 saturated carbocycles. The summed E-state index contributed by atoms with van der Waals surface area (Å²) in [6.07, 6.45) is -4.78. The fourth-order valence-corrected chi connectivity index (χ4v) is 4.48. The molecule has 0 aromatic carbocycles. The third-order valence-corrected chi connectivity index (χ3v) is 5.92. The molecule has 0 radical (unpaired) electrons. The maximum Gasteiger partial charge on any atom is 0.431 e. The number of aromatic nitrogens is 1. The lowest BCUT2D eigenvalue weighted by atomic mass is 10.2. The highest BCUT2D eigenvalue weighted by molar-refractivity contribution is 7.91. The molecule has 1 atom stereocenters. The summed E-state index contributed by atoms with van der Waals surface area (Å²) in [4.78, 5) is 36.7. The van der Waals surface area contributed by atoms with Gasteiger partial charge in [-0.25, -0.2) is 8.42 Å². The zero-order valence-electron chi connectivity index (χ0n) is 13.6. The van der Waals surface area contributed by atoms with Crippen LogP contribution in [-0.4, -0.2) is 54.3 Å². The molecule has 0 bridgehead atoms. The molecular formula is C14H16F3N3O5S. The second-order valence-electron chi connectivity index (χ2n) is 5.95. The Balaban J connectivity index is 2.38. The van der Waals surface area contributed by atoms with Crippen LogP contribution in [-0.2, 0) is 27.4 Å². The van der Waals surface area contributed by atoms with Crippen molar-refractivity contribution >= 4 is 21.7 Å². The third kappa shape index (κ3) is 4.06. The van der Waals surface area contributed by atoms with Crippen molar-refractivity contribution in [2.75, 3.05) is 18.6 Å². The highest BCUT2D eigenvalue weighted by Gasteiger charge is 2.37. The Morgan fingerprint density at radius 2 is 1.96 bits per heavy atom. The molecule has 2 N–H and O–H groups in total. The number of carbonyl (C=O) groups excluding carboxylic acids is 2. The number of nitrogens with two attached hydrogens (primary N) is 1. The summed E-state index contributed by atoms with van der Waals surface area (Å²) in [6, 6.07) is 0.466. The summed E-state index contributed by atoms with van der Waals surface area (Å²) in [5.74, 6) is -2.53. The van der Waals surface area contributed by atoms with Gasteiger partial charge in [0, 0.05) is 13.1 Å². The molecule has 1 aromatic heterocycles. The molecule has 2 amide bonds. The Labute approximate surface area is 146 Å². The smallest absolute Gasteiger partial charge is 0.365 e. The van der Waals surface area contributed by atoms with Crippen molar-refractivity contribution in [1.82, 2.24) is 9.47 Å². The predicted molar refractivity (Wildman–Crippen MR) is 84.1 cm³/mol. The number of pyridine rings is 1. The summed E-state index contributed by atoms with van der Waals surface area (Å²) >= 11 is 0. The first-order chi connectivity index (χ1) is 11.8. The molecule has 2 heterocycles. The number of halogens is 3. The maximum atomic E-state index is 13.1. The molecule has 2 rings (SSSR count). The average molecular weight is 395 g/mol. The van der Waals surface area contributed by atoms with Gasteiger partial charge in [-0.3, -0.25) is 19.0 Å². The van der Waals surface area contributed by atoms with Crippen LogP contribution < -0.4 is 11.3 Å². The van der Waals surface area contributed by atoms with Crippen molar-refractivity contribution in [3.63, 3.8) is 0 Å². The molecule has 1 aliphatic heterocycles. The van der Waals surface area contributed by atoms with E-state index in [9.17, 15) is 36.0 Å². The monoisotopic (exact) mass is 395 g/mol. The van der Waals surface area contributed by atoms with Gasteiger partial charge in [0.05, 0.1) is 11.5 Å². The SMILES string of the molecule is CN(C(=O)Cn1c(C(F)(F)F)ccc(C(N)=O)c1=O)C1CCS(=O)(=O)C1. The van der Waals surface area contributed by atoms with Gasteiger partial charge >= 0.3 is 6.18 Å². The number of alkyl halides is 3. The van der Waals surface area contributed by atoms with Gasteiger partial charge in [0.25, 0.3) is 11.5 Å². The molecule has 144 valence electrons. The Bertz CT molecular complexity index is 907. The fourth-order valence-electron chi connectivity index (χ4n) is 2.70. The first-order valence-electron chi connectivity index (χ1n) is 7.40. The standard InChI is InChI=1S/C14H16F3N3O5S/c1-19(8-4-5-26(24,25)7-8)11(21)6-20-10(14(15,16)17)3-2-9(12(18)22)13(20)23/h2-3,8H,4-7H2,1H3,(H2,18,22). The molecule has 1 unspecified atom stereocenters. The van der Waals surface area contributed by atoms with Gasteiger partial charge in [-0.15, -0.1) is 0 Å². The Hall–Kier alpha value is -2.37. The molecule has 12 heteroatoms. The number of primary amides is 1. The van der Waals surface area contributed by atoms with Crippen LogP contribution in [0.25, 0.3) is 0 Å². The van der Waals surface area contributed by atoms with E-state index in [0.717, 1.165) is 4.90 Å². The zero-order chi connectivity index (χ0) is 19.9. The highest BCUT2D eigenvalue weighted by atomic mass is 32.2. The van der Waals surface area contributed by atoms with Crippen LogP contribution in [0, 0.1) is 0 Å². The first-order valence-corrected chi connectivity index (χ1v) is 9.22. The Morgan fingerprint density at radius 1 is 1.35 bits per heavy atom.